The second-order valence-electron chi connectivity index (χ2n) is 6.16. The fourth-order valence-electron chi connectivity index (χ4n) is 2.66. The van der Waals surface area contributed by atoms with Crippen LogP contribution in [0, 0.1) is 12.7 Å². The van der Waals surface area contributed by atoms with Crippen molar-refractivity contribution in [3.05, 3.63) is 55.6 Å². The smallest absolute Gasteiger partial charge is 0.332 e. The molecule has 0 unspecified atom stereocenters. The Morgan fingerprint density at radius 2 is 1.93 bits per heavy atom. The molecular weight excluding hydrogens is 415 g/mol. The van der Waals surface area contributed by atoms with Crippen LogP contribution < -0.4 is 16.1 Å². The number of aromatic nitrogens is 2. The van der Waals surface area contributed by atoms with Crippen LogP contribution in [-0.2, 0) is 21.2 Å². The van der Waals surface area contributed by atoms with Crippen LogP contribution in [0.15, 0.2) is 27.8 Å². The van der Waals surface area contributed by atoms with E-state index in [0.29, 0.717) is 4.73 Å². The maximum Gasteiger partial charge on any atom is 0.364 e. The zero-order valence-electron chi connectivity index (χ0n) is 15.4. The van der Waals surface area contributed by atoms with Crippen molar-refractivity contribution in [1.29, 1.82) is 0 Å². The minimum Gasteiger partial charge on any atom is -0.332 e. The van der Waals surface area contributed by atoms with E-state index in [2.05, 4.69) is 0 Å². The minimum absolute atomic E-state index is 0.0157. The summed E-state index contributed by atoms with van der Waals surface area (Å²) in [4.78, 5) is 41.9. The van der Waals surface area contributed by atoms with Gasteiger partial charge in [-0.2, -0.15) is 0 Å². The third kappa shape index (κ3) is 4.68. The van der Waals surface area contributed by atoms with Gasteiger partial charge in [0, 0.05) is 25.3 Å². The molecule has 1 heterocycles. The summed E-state index contributed by atoms with van der Waals surface area (Å²) >= 11 is 5.99. The summed E-state index contributed by atoms with van der Waals surface area (Å²) in [7, 11) is -3.31. The Morgan fingerprint density at radius 1 is 1.29 bits per heavy atom. The standard InChI is InChI=1S/C17H18ClFN2O6S/c1-10-14(12-6-4-7-13(19)15(12)18)16(23)20(8-5-9-28(3,25)26)17(24)21(10)27-11(2)22/h4,6-7H,5,8-9H2,1-3H3. The number of benzene rings is 1. The summed E-state index contributed by atoms with van der Waals surface area (Å²) in [6, 6.07) is 3.83. The Labute approximate surface area is 165 Å². The summed E-state index contributed by atoms with van der Waals surface area (Å²) in [5, 5.41) is -0.335. The SMILES string of the molecule is CC(=O)On1c(C)c(-c2cccc(F)c2Cl)c(=O)n(CCCS(C)(=O)=O)c1=O. The molecule has 0 radical (unpaired) electrons. The summed E-state index contributed by atoms with van der Waals surface area (Å²) < 4.78 is 37.9. The van der Waals surface area contributed by atoms with Crippen LogP contribution in [0.3, 0.4) is 0 Å². The van der Waals surface area contributed by atoms with Gasteiger partial charge in [-0.15, -0.1) is 4.73 Å². The van der Waals surface area contributed by atoms with Crippen LogP contribution in [0.2, 0.25) is 5.02 Å². The van der Waals surface area contributed by atoms with Crippen LogP contribution in [0.4, 0.5) is 4.39 Å². The lowest BCUT2D eigenvalue weighted by atomic mass is 10.1. The molecule has 0 fully saturated rings. The number of nitrogens with zero attached hydrogens (tertiary/aromatic N) is 2. The van der Waals surface area contributed by atoms with Crippen LogP contribution in [0.1, 0.15) is 19.0 Å². The predicted molar refractivity (Wildman–Crippen MR) is 102 cm³/mol. The molecule has 0 N–H and O–H groups in total. The molecule has 0 bridgehead atoms. The van der Waals surface area contributed by atoms with Crippen molar-refractivity contribution in [3.8, 4) is 11.1 Å². The predicted octanol–water partition coefficient (Wildman–Crippen LogP) is 1.19. The second-order valence-corrected chi connectivity index (χ2v) is 8.80. The number of carbonyl (C=O) groups excluding carboxylic acids is 1. The molecule has 0 saturated heterocycles. The van der Waals surface area contributed by atoms with Gasteiger partial charge in [-0.25, -0.2) is 22.4 Å². The van der Waals surface area contributed by atoms with Gasteiger partial charge in [0.25, 0.3) is 5.56 Å². The van der Waals surface area contributed by atoms with Gasteiger partial charge in [-0.1, -0.05) is 23.7 Å². The van der Waals surface area contributed by atoms with E-state index in [1.807, 2.05) is 0 Å². The van der Waals surface area contributed by atoms with Gasteiger partial charge < -0.3 is 4.84 Å². The van der Waals surface area contributed by atoms with Gasteiger partial charge >= 0.3 is 11.7 Å². The Hall–Kier alpha value is -2.46. The fourth-order valence-corrected chi connectivity index (χ4v) is 3.53. The van der Waals surface area contributed by atoms with Crippen molar-refractivity contribution in [2.24, 2.45) is 0 Å². The number of sulfone groups is 1. The van der Waals surface area contributed by atoms with Crippen molar-refractivity contribution >= 4 is 27.4 Å². The van der Waals surface area contributed by atoms with Crippen molar-refractivity contribution in [2.45, 2.75) is 26.8 Å². The topological polar surface area (TPSA) is 104 Å². The van der Waals surface area contributed by atoms with Gasteiger partial charge in [0.05, 0.1) is 22.0 Å². The van der Waals surface area contributed by atoms with E-state index in [4.69, 9.17) is 16.4 Å². The van der Waals surface area contributed by atoms with Gasteiger partial charge in [-0.3, -0.25) is 9.36 Å². The zero-order chi connectivity index (χ0) is 21.2. The molecule has 0 aliphatic heterocycles. The number of rotatable bonds is 6. The van der Waals surface area contributed by atoms with E-state index in [-0.39, 0.29) is 40.6 Å². The lowest BCUT2D eigenvalue weighted by Gasteiger charge is -2.16. The molecule has 152 valence electrons. The largest absolute Gasteiger partial charge is 0.364 e. The normalized spacial score (nSPS) is 11.5. The van der Waals surface area contributed by atoms with E-state index >= 15 is 0 Å². The molecule has 0 aliphatic carbocycles. The summed E-state index contributed by atoms with van der Waals surface area (Å²) in [5.74, 6) is -1.84. The first-order valence-corrected chi connectivity index (χ1v) is 10.6. The van der Waals surface area contributed by atoms with Crippen molar-refractivity contribution in [3.63, 3.8) is 0 Å². The van der Waals surface area contributed by atoms with Gasteiger partial charge in [0.1, 0.15) is 15.7 Å². The van der Waals surface area contributed by atoms with Crippen LogP contribution in [0.5, 0.6) is 0 Å². The number of hydrogen-bond donors (Lipinski definition) is 0. The minimum atomic E-state index is -3.31. The first kappa shape index (κ1) is 21.8. The molecule has 2 rings (SSSR count). The molecule has 2 aromatic rings. The van der Waals surface area contributed by atoms with Crippen molar-refractivity contribution < 1.29 is 22.4 Å². The summed E-state index contributed by atoms with van der Waals surface area (Å²) in [6.07, 6.45) is 1.01. The zero-order valence-corrected chi connectivity index (χ0v) is 16.9. The van der Waals surface area contributed by atoms with E-state index in [1.54, 1.807) is 0 Å². The Balaban J connectivity index is 2.75. The molecule has 1 aromatic heterocycles. The Morgan fingerprint density at radius 3 is 2.50 bits per heavy atom. The molecule has 0 spiro atoms. The summed E-state index contributed by atoms with van der Waals surface area (Å²) in [5.41, 5.74) is -1.92. The molecule has 0 saturated carbocycles. The monoisotopic (exact) mass is 432 g/mol. The van der Waals surface area contributed by atoms with Gasteiger partial charge in [0.15, 0.2) is 0 Å². The fraction of sp³-hybridized carbons (Fsp3) is 0.353. The van der Waals surface area contributed by atoms with Crippen molar-refractivity contribution in [1.82, 2.24) is 9.30 Å². The number of carbonyl (C=O) groups is 1. The van der Waals surface area contributed by atoms with E-state index < -0.39 is 32.9 Å². The molecule has 28 heavy (non-hydrogen) atoms. The molecule has 0 aliphatic rings. The first-order chi connectivity index (χ1) is 12.9. The van der Waals surface area contributed by atoms with Crippen LogP contribution >= 0.6 is 11.6 Å². The van der Waals surface area contributed by atoms with E-state index in [1.165, 1.54) is 19.1 Å². The maximum absolute atomic E-state index is 13.9. The third-order valence-electron chi connectivity index (χ3n) is 3.87. The summed E-state index contributed by atoms with van der Waals surface area (Å²) in [6.45, 7) is 2.18. The van der Waals surface area contributed by atoms with Crippen molar-refractivity contribution in [2.75, 3.05) is 12.0 Å². The maximum atomic E-state index is 13.9. The highest BCUT2D eigenvalue weighted by Crippen LogP contribution is 2.29. The lowest BCUT2D eigenvalue weighted by molar-refractivity contribution is -0.142. The Kier molecular flexibility index (Phi) is 6.45. The number of hydrogen-bond acceptors (Lipinski definition) is 6. The molecular formula is C17H18ClFN2O6S. The second kappa shape index (κ2) is 8.27. The first-order valence-electron chi connectivity index (χ1n) is 8.11. The van der Waals surface area contributed by atoms with E-state index in [9.17, 15) is 27.2 Å². The van der Waals surface area contributed by atoms with E-state index in [0.717, 1.165) is 23.8 Å². The third-order valence-corrected chi connectivity index (χ3v) is 5.28. The van der Waals surface area contributed by atoms with Gasteiger partial charge in [0.2, 0.25) is 0 Å². The molecule has 1 aromatic carbocycles. The highest BCUT2D eigenvalue weighted by Gasteiger charge is 2.22. The molecule has 0 amide bonds. The lowest BCUT2D eigenvalue weighted by Crippen LogP contribution is -2.45. The highest BCUT2D eigenvalue weighted by molar-refractivity contribution is 7.90. The van der Waals surface area contributed by atoms with Crippen LogP contribution in [0.25, 0.3) is 11.1 Å². The van der Waals surface area contributed by atoms with Gasteiger partial charge in [-0.05, 0) is 19.4 Å². The highest BCUT2D eigenvalue weighted by atomic mass is 35.5. The molecule has 0 atom stereocenters. The molecule has 8 nitrogen and oxygen atoms in total. The quantitative estimate of drug-likeness (QED) is 0.679. The molecule has 11 heteroatoms. The average molecular weight is 433 g/mol. The van der Waals surface area contributed by atoms with Crippen LogP contribution in [-0.4, -0.2) is 35.7 Å². The average Bonchev–Trinajstić information content (AvgIpc) is 2.57. The number of halogens is 2. The Bertz CT molecular complexity index is 1150.